The lowest BCUT2D eigenvalue weighted by Gasteiger charge is -2.23. The maximum absolute atomic E-state index is 5.40. The van der Waals surface area contributed by atoms with Crippen LogP contribution in [-0.4, -0.2) is 29.2 Å². The average molecular weight is 237 g/mol. The summed E-state index contributed by atoms with van der Waals surface area (Å²) in [4.78, 5) is 8.43. The minimum absolute atomic E-state index is 0.363. The normalized spacial score (nSPS) is 14.4. The van der Waals surface area contributed by atoms with Gasteiger partial charge in [0.1, 0.15) is 6.33 Å². The number of rotatable bonds is 7. The van der Waals surface area contributed by atoms with Crippen molar-refractivity contribution < 1.29 is 4.74 Å². The molecule has 0 amide bonds. The van der Waals surface area contributed by atoms with Crippen molar-refractivity contribution in [3.63, 3.8) is 0 Å². The SMILES string of the molecule is CCNC(CC)C(C)c1cc(OCC)ncn1. The quantitative estimate of drug-likeness (QED) is 0.791. The lowest BCUT2D eigenvalue weighted by atomic mass is 9.96. The molecule has 4 nitrogen and oxygen atoms in total. The molecule has 0 aliphatic rings. The molecule has 0 aliphatic carbocycles. The molecule has 96 valence electrons. The van der Waals surface area contributed by atoms with Crippen LogP contribution in [0.3, 0.4) is 0 Å². The Labute approximate surface area is 104 Å². The molecule has 2 atom stereocenters. The highest BCUT2D eigenvalue weighted by Crippen LogP contribution is 2.21. The van der Waals surface area contributed by atoms with E-state index in [-0.39, 0.29) is 0 Å². The van der Waals surface area contributed by atoms with Crippen LogP contribution in [0.25, 0.3) is 0 Å². The van der Waals surface area contributed by atoms with Crippen LogP contribution in [-0.2, 0) is 0 Å². The number of nitrogens with zero attached hydrogens (tertiary/aromatic N) is 2. The molecule has 0 saturated carbocycles. The van der Waals surface area contributed by atoms with Crippen LogP contribution in [0.1, 0.15) is 45.7 Å². The van der Waals surface area contributed by atoms with Crippen molar-refractivity contribution in [2.24, 2.45) is 0 Å². The molecule has 0 aromatic carbocycles. The third kappa shape index (κ3) is 3.97. The molecule has 0 radical (unpaired) electrons. The van der Waals surface area contributed by atoms with Gasteiger partial charge in [-0.3, -0.25) is 0 Å². The molecule has 2 unspecified atom stereocenters. The van der Waals surface area contributed by atoms with Gasteiger partial charge in [0, 0.05) is 18.0 Å². The minimum atomic E-state index is 0.363. The first-order chi connectivity index (χ1) is 8.22. The van der Waals surface area contributed by atoms with Crippen LogP contribution in [0.15, 0.2) is 12.4 Å². The zero-order valence-corrected chi connectivity index (χ0v) is 11.2. The second kappa shape index (κ2) is 7.22. The van der Waals surface area contributed by atoms with Crippen molar-refractivity contribution in [3.8, 4) is 5.88 Å². The summed E-state index contributed by atoms with van der Waals surface area (Å²) in [6.07, 6.45) is 2.67. The van der Waals surface area contributed by atoms with E-state index < -0.39 is 0 Å². The van der Waals surface area contributed by atoms with Gasteiger partial charge in [0.25, 0.3) is 0 Å². The molecular weight excluding hydrogens is 214 g/mol. The Morgan fingerprint density at radius 3 is 2.65 bits per heavy atom. The van der Waals surface area contributed by atoms with E-state index in [2.05, 4.69) is 36.1 Å². The van der Waals surface area contributed by atoms with Crippen molar-refractivity contribution in [2.75, 3.05) is 13.2 Å². The zero-order chi connectivity index (χ0) is 12.7. The molecule has 1 N–H and O–H groups in total. The van der Waals surface area contributed by atoms with Crippen LogP contribution >= 0.6 is 0 Å². The highest BCUT2D eigenvalue weighted by Gasteiger charge is 2.18. The fraction of sp³-hybridized carbons (Fsp3) is 0.692. The predicted octanol–water partition coefficient (Wildman–Crippen LogP) is 2.37. The Morgan fingerprint density at radius 2 is 2.06 bits per heavy atom. The van der Waals surface area contributed by atoms with Crippen molar-refractivity contribution in [2.45, 2.75) is 46.1 Å². The van der Waals surface area contributed by atoms with Crippen LogP contribution in [0.4, 0.5) is 0 Å². The van der Waals surface area contributed by atoms with E-state index >= 15 is 0 Å². The van der Waals surface area contributed by atoms with E-state index in [1.165, 1.54) is 0 Å². The van der Waals surface area contributed by atoms with E-state index in [0.29, 0.717) is 24.4 Å². The van der Waals surface area contributed by atoms with Crippen molar-refractivity contribution >= 4 is 0 Å². The molecule has 1 heterocycles. The van der Waals surface area contributed by atoms with Gasteiger partial charge in [-0.25, -0.2) is 9.97 Å². The van der Waals surface area contributed by atoms with Gasteiger partial charge >= 0.3 is 0 Å². The third-order valence-electron chi connectivity index (χ3n) is 2.93. The molecule has 0 bridgehead atoms. The maximum atomic E-state index is 5.40. The Bertz CT molecular complexity index is 330. The second-order valence-corrected chi connectivity index (χ2v) is 4.08. The molecule has 0 aliphatic heterocycles. The summed E-state index contributed by atoms with van der Waals surface area (Å²) in [5.41, 5.74) is 1.04. The predicted molar refractivity (Wildman–Crippen MR) is 69.4 cm³/mol. The summed E-state index contributed by atoms with van der Waals surface area (Å²) >= 11 is 0. The van der Waals surface area contributed by atoms with Gasteiger partial charge in [-0.15, -0.1) is 0 Å². The topological polar surface area (TPSA) is 47.0 Å². The summed E-state index contributed by atoms with van der Waals surface area (Å²) in [6.45, 7) is 10.1. The van der Waals surface area contributed by atoms with E-state index in [1.54, 1.807) is 6.33 Å². The van der Waals surface area contributed by atoms with Crippen molar-refractivity contribution in [1.29, 1.82) is 0 Å². The van der Waals surface area contributed by atoms with Crippen LogP contribution in [0, 0.1) is 0 Å². The molecule has 0 fully saturated rings. The first-order valence-corrected chi connectivity index (χ1v) is 6.40. The van der Waals surface area contributed by atoms with Crippen molar-refractivity contribution in [3.05, 3.63) is 18.1 Å². The third-order valence-corrected chi connectivity index (χ3v) is 2.93. The van der Waals surface area contributed by atoms with Gasteiger partial charge in [-0.05, 0) is 19.9 Å². The highest BCUT2D eigenvalue weighted by atomic mass is 16.5. The molecule has 4 heteroatoms. The number of ether oxygens (including phenoxy) is 1. The Morgan fingerprint density at radius 1 is 1.29 bits per heavy atom. The van der Waals surface area contributed by atoms with Crippen molar-refractivity contribution in [1.82, 2.24) is 15.3 Å². The van der Waals surface area contributed by atoms with E-state index in [9.17, 15) is 0 Å². The minimum Gasteiger partial charge on any atom is -0.478 e. The highest BCUT2D eigenvalue weighted by molar-refractivity contribution is 5.18. The second-order valence-electron chi connectivity index (χ2n) is 4.08. The number of aromatic nitrogens is 2. The van der Waals surface area contributed by atoms with Crippen LogP contribution in [0.5, 0.6) is 5.88 Å². The molecule has 1 aromatic heterocycles. The summed E-state index contributed by atoms with van der Waals surface area (Å²) in [5.74, 6) is 1.03. The molecule has 1 aromatic rings. The molecule has 0 saturated heterocycles. The summed E-state index contributed by atoms with van der Waals surface area (Å²) in [5, 5.41) is 3.48. The Hall–Kier alpha value is -1.16. The zero-order valence-electron chi connectivity index (χ0n) is 11.2. The van der Waals surface area contributed by atoms with Crippen LogP contribution < -0.4 is 10.1 Å². The van der Waals surface area contributed by atoms with Gasteiger partial charge in [0.15, 0.2) is 0 Å². The van der Waals surface area contributed by atoms with Gasteiger partial charge < -0.3 is 10.1 Å². The maximum Gasteiger partial charge on any atom is 0.216 e. The monoisotopic (exact) mass is 237 g/mol. The van der Waals surface area contributed by atoms with E-state index in [4.69, 9.17) is 4.74 Å². The fourth-order valence-corrected chi connectivity index (χ4v) is 1.97. The van der Waals surface area contributed by atoms with E-state index in [0.717, 1.165) is 18.7 Å². The summed E-state index contributed by atoms with van der Waals surface area (Å²) in [6, 6.07) is 2.39. The first kappa shape index (κ1) is 13.9. The molecule has 17 heavy (non-hydrogen) atoms. The fourth-order valence-electron chi connectivity index (χ4n) is 1.97. The van der Waals surface area contributed by atoms with Gasteiger partial charge in [-0.2, -0.15) is 0 Å². The van der Waals surface area contributed by atoms with E-state index in [1.807, 2.05) is 13.0 Å². The van der Waals surface area contributed by atoms with Gasteiger partial charge in [0.05, 0.1) is 12.3 Å². The summed E-state index contributed by atoms with van der Waals surface area (Å²) < 4.78 is 5.40. The number of nitrogens with one attached hydrogen (secondary N) is 1. The standard InChI is InChI=1S/C13H23N3O/c1-5-11(14-6-2)10(4)12-8-13(17-7-3)16-9-15-12/h8-11,14H,5-7H2,1-4H3. The lowest BCUT2D eigenvalue weighted by Crippen LogP contribution is -2.33. The Balaban J connectivity index is 2.79. The number of likely N-dealkylation sites (N-methyl/N-ethyl adjacent to an activating group) is 1. The van der Waals surface area contributed by atoms with Gasteiger partial charge in [-0.1, -0.05) is 20.8 Å². The average Bonchev–Trinajstić information content (AvgIpc) is 2.36. The van der Waals surface area contributed by atoms with Gasteiger partial charge in [0.2, 0.25) is 5.88 Å². The number of hydrogen-bond acceptors (Lipinski definition) is 4. The molecular formula is C13H23N3O. The van der Waals surface area contributed by atoms with Crippen LogP contribution in [0.2, 0.25) is 0 Å². The molecule has 0 spiro atoms. The molecule has 1 rings (SSSR count). The smallest absolute Gasteiger partial charge is 0.216 e. The first-order valence-electron chi connectivity index (χ1n) is 6.40. The Kier molecular flexibility index (Phi) is 5.91. The summed E-state index contributed by atoms with van der Waals surface area (Å²) in [7, 11) is 0. The largest absolute Gasteiger partial charge is 0.478 e. The number of hydrogen-bond donors (Lipinski definition) is 1. The lowest BCUT2D eigenvalue weighted by molar-refractivity contribution is 0.324.